The summed E-state index contributed by atoms with van der Waals surface area (Å²) in [5, 5.41) is 0. The minimum atomic E-state index is 0.576. The standard InChI is InChI=1S/C34H66O2S/c1-3-31(33-25-17-19-27-35-33)23-15-11-7-5-9-13-21-29-37-30-22-14-10-6-8-12-16-24-32(4-2)34-26-18-20-28-36-34/h31-34H,3-30H2,1-2H3. The molecule has 0 aromatic heterocycles. The van der Waals surface area contributed by atoms with E-state index in [0.29, 0.717) is 12.2 Å². The van der Waals surface area contributed by atoms with Crippen molar-refractivity contribution in [1.29, 1.82) is 0 Å². The molecule has 3 heteroatoms. The van der Waals surface area contributed by atoms with Gasteiger partial charge in [-0.25, -0.2) is 0 Å². The van der Waals surface area contributed by atoms with Crippen molar-refractivity contribution in [2.45, 2.75) is 180 Å². The van der Waals surface area contributed by atoms with Crippen LogP contribution in [0.2, 0.25) is 0 Å². The van der Waals surface area contributed by atoms with Crippen LogP contribution in [0.25, 0.3) is 0 Å². The molecule has 2 rings (SSSR count). The van der Waals surface area contributed by atoms with Crippen LogP contribution in [0.15, 0.2) is 0 Å². The first kappa shape index (κ1) is 33.5. The van der Waals surface area contributed by atoms with Crippen molar-refractivity contribution in [1.82, 2.24) is 0 Å². The Labute approximate surface area is 237 Å². The summed E-state index contributed by atoms with van der Waals surface area (Å²) in [4.78, 5) is 0. The summed E-state index contributed by atoms with van der Waals surface area (Å²) in [6.45, 7) is 6.74. The number of rotatable bonds is 24. The third kappa shape index (κ3) is 16.9. The van der Waals surface area contributed by atoms with Crippen LogP contribution in [-0.4, -0.2) is 36.9 Å². The highest BCUT2D eigenvalue weighted by Crippen LogP contribution is 2.28. The first-order chi connectivity index (χ1) is 18.3. The quantitative estimate of drug-likeness (QED) is 0.114. The van der Waals surface area contributed by atoms with E-state index in [-0.39, 0.29) is 0 Å². The molecule has 0 N–H and O–H groups in total. The van der Waals surface area contributed by atoms with Gasteiger partial charge < -0.3 is 9.47 Å². The fourth-order valence-corrected chi connectivity index (χ4v) is 7.69. The molecule has 0 aromatic rings. The molecular formula is C34H66O2S. The lowest BCUT2D eigenvalue weighted by atomic mass is 9.88. The molecule has 0 bridgehead atoms. The van der Waals surface area contributed by atoms with Crippen LogP contribution < -0.4 is 0 Å². The van der Waals surface area contributed by atoms with Gasteiger partial charge in [-0.15, -0.1) is 0 Å². The summed E-state index contributed by atoms with van der Waals surface area (Å²) < 4.78 is 12.1. The average molecular weight is 539 g/mol. The second-order valence-electron chi connectivity index (χ2n) is 12.3. The van der Waals surface area contributed by atoms with Crippen molar-refractivity contribution in [3.63, 3.8) is 0 Å². The van der Waals surface area contributed by atoms with Crippen molar-refractivity contribution in [3.8, 4) is 0 Å². The molecule has 2 aliphatic rings. The Balaban J connectivity index is 1.25. The van der Waals surface area contributed by atoms with Gasteiger partial charge in [-0.3, -0.25) is 0 Å². The van der Waals surface area contributed by atoms with E-state index in [0.717, 1.165) is 25.0 Å². The minimum absolute atomic E-state index is 0.576. The molecule has 37 heavy (non-hydrogen) atoms. The van der Waals surface area contributed by atoms with Gasteiger partial charge >= 0.3 is 0 Å². The van der Waals surface area contributed by atoms with Crippen LogP contribution in [0, 0.1) is 11.8 Å². The normalized spacial score (nSPS) is 22.2. The number of hydrogen-bond donors (Lipinski definition) is 0. The third-order valence-corrected chi connectivity index (χ3v) is 10.4. The Kier molecular flexibility index (Phi) is 21.8. The molecule has 0 aromatic carbocycles. The first-order valence-corrected chi connectivity index (χ1v) is 18.3. The summed E-state index contributed by atoms with van der Waals surface area (Å²) in [5.41, 5.74) is 0. The molecule has 0 saturated carbocycles. The molecule has 2 aliphatic heterocycles. The molecule has 220 valence electrons. The maximum Gasteiger partial charge on any atom is 0.0603 e. The fraction of sp³-hybridized carbons (Fsp3) is 1.00. The van der Waals surface area contributed by atoms with Crippen LogP contribution in [0.5, 0.6) is 0 Å². The third-order valence-electron chi connectivity index (χ3n) is 9.26. The molecule has 0 spiro atoms. The topological polar surface area (TPSA) is 18.5 Å². The van der Waals surface area contributed by atoms with Gasteiger partial charge in [-0.2, -0.15) is 11.8 Å². The molecule has 2 nitrogen and oxygen atoms in total. The first-order valence-electron chi connectivity index (χ1n) is 17.2. The highest BCUT2D eigenvalue weighted by Gasteiger charge is 2.23. The number of hydrogen-bond acceptors (Lipinski definition) is 3. The summed E-state index contributed by atoms with van der Waals surface area (Å²) in [6.07, 6.45) is 34.7. The van der Waals surface area contributed by atoms with Gasteiger partial charge in [0.2, 0.25) is 0 Å². The van der Waals surface area contributed by atoms with Gasteiger partial charge in [0.25, 0.3) is 0 Å². The van der Waals surface area contributed by atoms with Crippen LogP contribution >= 0.6 is 11.8 Å². The van der Waals surface area contributed by atoms with E-state index in [9.17, 15) is 0 Å². The molecule has 2 heterocycles. The van der Waals surface area contributed by atoms with Crippen molar-refractivity contribution in [3.05, 3.63) is 0 Å². The summed E-state index contributed by atoms with van der Waals surface area (Å²) in [5.74, 6) is 4.43. The van der Waals surface area contributed by atoms with Crippen molar-refractivity contribution in [2.24, 2.45) is 11.8 Å². The zero-order valence-corrected chi connectivity index (χ0v) is 26.1. The van der Waals surface area contributed by atoms with Crippen LogP contribution in [0.1, 0.15) is 168 Å². The second kappa shape index (κ2) is 24.1. The zero-order valence-electron chi connectivity index (χ0n) is 25.3. The average Bonchev–Trinajstić information content (AvgIpc) is 2.95. The van der Waals surface area contributed by atoms with E-state index in [1.54, 1.807) is 0 Å². The molecule has 4 atom stereocenters. The maximum absolute atomic E-state index is 6.04. The predicted molar refractivity (Wildman–Crippen MR) is 166 cm³/mol. The molecule has 0 amide bonds. The Hall–Kier alpha value is 0.270. The number of ether oxygens (including phenoxy) is 2. The van der Waals surface area contributed by atoms with Gasteiger partial charge in [-0.1, -0.05) is 104 Å². The second-order valence-corrected chi connectivity index (χ2v) is 13.5. The van der Waals surface area contributed by atoms with Crippen molar-refractivity contribution in [2.75, 3.05) is 24.7 Å². The number of unbranched alkanes of at least 4 members (excludes halogenated alkanes) is 12. The van der Waals surface area contributed by atoms with E-state index < -0.39 is 0 Å². The monoisotopic (exact) mass is 538 g/mol. The number of thioether (sulfide) groups is 1. The van der Waals surface area contributed by atoms with Gasteiger partial charge in [-0.05, 0) is 87.5 Å². The minimum Gasteiger partial charge on any atom is -0.378 e. The summed E-state index contributed by atoms with van der Waals surface area (Å²) in [6, 6.07) is 0. The van der Waals surface area contributed by atoms with E-state index in [2.05, 4.69) is 25.6 Å². The van der Waals surface area contributed by atoms with Crippen molar-refractivity contribution < 1.29 is 9.47 Å². The highest BCUT2D eigenvalue weighted by molar-refractivity contribution is 7.99. The molecule has 0 aliphatic carbocycles. The van der Waals surface area contributed by atoms with Crippen molar-refractivity contribution >= 4 is 11.8 Å². The lowest BCUT2D eigenvalue weighted by Crippen LogP contribution is -2.27. The fourth-order valence-electron chi connectivity index (χ4n) is 6.67. The predicted octanol–water partition coefficient (Wildman–Crippen LogP) is 11.2. The molecular weight excluding hydrogens is 472 g/mol. The Morgan fingerprint density at radius 2 is 0.892 bits per heavy atom. The molecule has 2 saturated heterocycles. The zero-order chi connectivity index (χ0) is 26.2. The lowest BCUT2D eigenvalue weighted by molar-refractivity contribution is -0.0248. The van der Waals surface area contributed by atoms with E-state index in [1.807, 2.05) is 0 Å². The highest BCUT2D eigenvalue weighted by atomic mass is 32.2. The summed E-state index contributed by atoms with van der Waals surface area (Å²) >= 11 is 2.21. The Bertz CT molecular complexity index is 430. The Morgan fingerprint density at radius 3 is 1.24 bits per heavy atom. The lowest BCUT2D eigenvalue weighted by Gasteiger charge is -2.30. The smallest absolute Gasteiger partial charge is 0.0603 e. The van der Waals surface area contributed by atoms with Crippen LogP contribution in [-0.2, 0) is 9.47 Å². The van der Waals surface area contributed by atoms with Gasteiger partial charge in [0.15, 0.2) is 0 Å². The largest absolute Gasteiger partial charge is 0.378 e. The van der Waals surface area contributed by atoms with E-state index >= 15 is 0 Å². The Morgan fingerprint density at radius 1 is 0.514 bits per heavy atom. The molecule has 2 fully saturated rings. The maximum atomic E-state index is 6.04. The van der Waals surface area contributed by atoms with Gasteiger partial charge in [0, 0.05) is 13.2 Å². The van der Waals surface area contributed by atoms with Gasteiger partial charge in [0.05, 0.1) is 12.2 Å². The summed E-state index contributed by atoms with van der Waals surface area (Å²) in [7, 11) is 0. The van der Waals surface area contributed by atoms with E-state index in [1.165, 1.54) is 166 Å². The van der Waals surface area contributed by atoms with Crippen LogP contribution in [0.4, 0.5) is 0 Å². The van der Waals surface area contributed by atoms with Crippen LogP contribution in [0.3, 0.4) is 0 Å². The molecule has 4 unspecified atom stereocenters. The SMILES string of the molecule is CCC(CCCCCCCCCSCCCCCCCCCC(CC)C1CCCCO1)C1CCCCO1. The molecule has 0 radical (unpaired) electrons. The van der Waals surface area contributed by atoms with E-state index in [4.69, 9.17) is 9.47 Å². The van der Waals surface area contributed by atoms with Gasteiger partial charge in [0.1, 0.15) is 0 Å².